The number of hydrogen-bond acceptors (Lipinski definition) is 2. The summed E-state index contributed by atoms with van der Waals surface area (Å²) in [4.78, 5) is 13.5. The number of carbonyl (C=O) groups is 1. The number of hydrogen-bond donors (Lipinski definition) is 0. The maximum absolute atomic E-state index is 11.6. The van der Waals surface area contributed by atoms with E-state index < -0.39 is 5.72 Å². The molecule has 3 heteroatoms. The Morgan fingerprint density at radius 3 is 3.00 bits per heavy atom. The third-order valence-corrected chi connectivity index (χ3v) is 3.00. The molecule has 0 aliphatic carbocycles. The van der Waals surface area contributed by atoms with Gasteiger partial charge in [0.2, 0.25) is 5.91 Å². The molecule has 0 radical (unpaired) electrons. The third kappa shape index (κ3) is 1.10. The molecule has 0 saturated carbocycles. The van der Waals surface area contributed by atoms with Crippen molar-refractivity contribution in [2.24, 2.45) is 5.92 Å². The predicted molar refractivity (Wildman–Crippen MR) is 49.0 cm³/mol. The molecule has 0 aromatic carbocycles. The molecule has 0 N–H and O–H groups in total. The van der Waals surface area contributed by atoms with Crippen molar-refractivity contribution in [3.63, 3.8) is 0 Å². The zero-order valence-corrected chi connectivity index (χ0v) is 8.12. The SMILES string of the molecule is C=CC1CC(=O)N2C1COC2(C)C. The number of carbonyl (C=O) groups excluding carboxylic acids is 1. The predicted octanol–water partition coefficient (Wildman–Crippen LogP) is 1.16. The lowest BCUT2D eigenvalue weighted by atomic mass is 10.0. The minimum atomic E-state index is -0.417. The maximum Gasteiger partial charge on any atom is 0.225 e. The van der Waals surface area contributed by atoms with Gasteiger partial charge in [0.1, 0.15) is 5.72 Å². The summed E-state index contributed by atoms with van der Waals surface area (Å²) in [5.41, 5.74) is -0.417. The van der Waals surface area contributed by atoms with E-state index in [1.54, 1.807) is 0 Å². The van der Waals surface area contributed by atoms with Crippen molar-refractivity contribution in [3.8, 4) is 0 Å². The van der Waals surface area contributed by atoms with Crippen molar-refractivity contribution in [1.82, 2.24) is 4.90 Å². The minimum Gasteiger partial charge on any atom is -0.354 e. The van der Waals surface area contributed by atoms with Gasteiger partial charge in [0, 0.05) is 12.3 Å². The van der Waals surface area contributed by atoms with Gasteiger partial charge in [-0.25, -0.2) is 0 Å². The van der Waals surface area contributed by atoms with E-state index in [1.807, 2.05) is 24.8 Å². The molecule has 2 fully saturated rings. The highest BCUT2D eigenvalue weighted by Gasteiger charge is 2.50. The summed E-state index contributed by atoms with van der Waals surface area (Å²) < 4.78 is 5.57. The molecule has 2 aliphatic heterocycles. The van der Waals surface area contributed by atoms with E-state index in [1.165, 1.54) is 0 Å². The van der Waals surface area contributed by atoms with Crippen molar-refractivity contribution in [3.05, 3.63) is 12.7 Å². The van der Waals surface area contributed by atoms with E-state index in [0.717, 1.165) is 0 Å². The quantitative estimate of drug-likeness (QED) is 0.568. The molecule has 2 rings (SSSR count). The number of rotatable bonds is 1. The van der Waals surface area contributed by atoms with E-state index in [2.05, 4.69) is 6.58 Å². The van der Waals surface area contributed by atoms with Gasteiger partial charge in [-0.2, -0.15) is 0 Å². The normalized spacial score (nSPS) is 36.5. The van der Waals surface area contributed by atoms with Crippen molar-refractivity contribution in [2.75, 3.05) is 6.61 Å². The molecule has 0 bridgehead atoms. The largest absolute Gasteiger partial charge is 0.354 e. The Hall–Kier alpha value is -0.830. The second-order valence-electron chi connectivity index (χ2n) is 4.19. The topological polar surface area (TPSA) is 29.5 Å². The summed E-state index contributed by atoms with van der Waals surface area (Å²) in [7, 11) is 0. The van der Waals surface area contributed by atoms with Gasteiger partial charge in [-0.1, -0.05) is 6.08 Å². The van der Waals surface area contributed by atoms with Gasteiger partial charge in [0.25, 0.3) is 0 Å². The van der Waals surface area contributed by atoms with E-state index in [-0.39, 0.29) is 17.9 Å². The van der Waals surface area contributed by atoms with Crippen LogP contribution in [0.2, 0.25) is 0 Å². The fraction of sp³-hybridized carbons (Fsp3) is 0.700. The second kappa shape index (κ2) is 2.58. The van der Waals surface area contributed by atoms with Gasteiger partial charge in [-0.05, 0) is 13.8 Å². The standard InChI is InChI=1S/C10H15NO2/c1-4-7-5-9(12)11-8(7)6-13-10(11,2)3/h4,7-8H,1,5-6H2,2-3H3. The number of ether oxygens (including phenoxy) is 1. The number of fused-ring (bicyclic) bond motifs is 1. The van der Waals surface area contributed by atoms with Crippen molar-refractivity contribution < 1.29 is 9.53 Å². The van der Waals surface area contributed by atoms with E-state index >= 15 is 0 Å². The van der Waals surface area contributed by atoms with Crippen LogP contribution < -0.4 is 0 Å². The Bertz CT molecular complexity index is 260. The Labute approximate surface area is 78.4 Å². The molecule has 13 heavy (non-hydrogen) atoms. The van der Waals surface area contributed by atoms with Crippen molar-refractivity contribution >= 4 is 5.91 Å². The zero-order valence-electron chi connectivity index (χ0n) is 8.12. The molecule has 2 saturated heterocycles. The number of amides is 1. The molecule has 2 aliphatic rings. The van der Waals surface area contributed by atoms with E-state index in [4.69, 9.17) is 4.74 Å². The van der Waals surface area contributed by atoms with Crippen LogP contribution in [0.4, 0.5) is 0 Å². The summed E-state index contributed by atoms with van der Waals surface area (Å²) >= 11 is 0. The van der Waals surface area contributed by atoms with E-state index in [0.29, 0.717) is 13.0 Å². The average molecular weight is 181 g/mol. The summed E-state index contributed by atoms with van der Waals surface area (Å²) in [6.07, 6.45) is 2.47. The summed E-state index contributed by atoms with van der Waals surface area (Å²) in [6.45, 7) is 8.28. The fourth-order valence-corrected chi connectivity index (χ4v) is 2.31. The highest BCUT2D eigenvalue weighted by Crippen LogP contribution is 2.38. The maximum atomic E-state index is 11.6. The molecule has 0 aromatic rings. The van der Waals surface area contributed by atoms with Gasteiger partial charge in [-0.15, -0.1) is 6.58 Å². The first-order chi connectivity index (χ1) is 6.06. The molecule has 72 valence electrons. The third-order valence-electron chi connectivity index (χ3n) is 3.00. The van der Waals surface area contributed by atoms with E-state index in [9.17, 15) is 4.79 Å². The van der Waals surface area contributed by atoms with Gasteiger partial charge >= 0.3 is 0 Å². The lowest BCUT2D eigenvalue weighted by Gasteiger charge is -2.29. The van der Waals surface area contributed by atoms with Gasteiger partial charge < -0.3 is 9.64 Å². The van der Waals surface area contributed by atoms with Crippen LogP contribution in [0.25, 0.3) is 0 Å². The van der Waals surface area contributed by atoms with Crippen LogP contribution in [-0.2, 0) is 9.53 Å². The number of nitrogens with zero attached hydrogens (tertiary/aromatic N) is 1. The van der Waals surface area contributed by atoms with Gasteiger partial charge in [-0.3, -0.25) is 4.79 Å². The highest BCUT2D eigenvalue weighted by atomic mass is 16.5. The molecular formula is C10H15NO2. The molecule has 2 atom stereocenters. The van der Waals surface area contributed by atoms with Crippen LogP contribution >= 0.6 is 0 Å². The van der Waals surface area contributed by atoms with Crippen molar-refractivity contribution in [2.45, 2.75) is 32.0 Å². The summed E-state index contributed by atoms with van der Waals surface area (Å²) in [5.74, 6) is 0.465. The Morgan fingerprint density at radius 1 is 1.69 bits per heavy atom. The summed E-state index contributed by atoms with van der Waals surface area (Å²) in [5, 5.41) is 0. The smallest absolute Gasteiger partial charge is 0.225 e. The molecule has 0 aromatic heterocycles. The van der Waals surface area contributed by atoms with Crippen molar-refractivity contribution in [1.29, 1.82) is 0 Å². The van der Waals surface area contributed by atoms with Crippen LogP contribution in [0, 0.1) is 5.92 Å². The van der Waals surface area contributed by atoms with Gasteiger partial charge in [0.05, 0.1) is 12.6 Å². The van der Waals surface area contributed by atoms with Crippen LogP contribution in [-0.4, -0.2) is 29.2 Å². The van der Waals surface area contributed by atoms with Crippen LogP contribution in [0.15, 0.2) is 12.7 Å². The molecule has 0 spiro atoms. The minimum absolute atomic E-state index is 0.192. The fourth-order valence-electron chi connectivity index (χ4n) is 2.31. The first kappa shape index (κ1) is 8.75. The van der Waals surface area contributed by atoms with Gasteiger partial charge in [0.15, 0.2) is 0 Å². The second-order valence-corrected chi connectivity index (χ2v) is 4.19. The average Bonchev–Trinajstić information content (AvgIpc) is 2.53. The Morgan fingerprint density at radius 2 is 2.38 bits per heavy atom. The molecular weight excluding hydrogens is 166 g/mol. The molecule has 2 unspecified atom stereocenters. The molecule has 1 amide bonds. The Balaban J connectivity index is 2.29. The lowest BCUT2D eigenvalue weighted by Crippen LogP contribution is -2.43. The molecule has 3 nitrogen and oxygen atoms in total. The lowest BCUT2D eigenvalue weighted by molar-refractivity contribution is -0.141. The summed E-state index contributed by atoms with van der Waals surface area (Å²) in [6, 6.07) is 0.222. The molecule has 2 heterocycles. The van der Waals surface area contributed by atoms with Crippen LogP contribution in [0.1, 0.15) is 20.3 Å². The monoisotopic (exact) mass is 181 g/mol. The Kier molecular flexibility index (Phi) is 1.74. The van der Waals surface area contributed by atoms with Crippen LogP contribution in [0.5, 0.6) is 0 Å². The highest BCUT2D eigenvalue weighted by molar-refractivity contribution is 5.80. The first-order valence-corrected chi connectivity index (χ1v) is 4.65. The first-order valence-electron chi connectivity index (χ1n) is 4.65. The zero-order chi connectivity index (χ0) is 9.64. The van der Waals surface area contributed by atoms with Crippen LogP contribution in [0.3, 0.4) is 0 Å².